The zero-order valence-corrected chi connectivity index (χ0v) is 25.5. The smallest absolute Gasteiger partial charge is 0.328 e. The van der Waals surface area contributed by atoms with E-state index >= 15 is 0 Å². The minimum atomic E-state index is -0.732. The largest absolute Gasteiger partial charge is 0.425 e. The Bertz CT molecular complexity index is 1900. The Morgan fingerprint density at radius 1 is 0.978 bits per heavy atom. The van der Waals surface area contributed by atoms with Crippen LogP contribution in [0.1, 0.15) is 39.5 Å². The van der Waals surface area contributed by atoms with E-state index in [1.54, 1.807) is 18.3 Å². The van der Waals surface area contributed by atoms with Crippen molar-refractivity contribution in [3.8, 4) is 23.0 Å². The molecule has 10 nitrogen and oxygen atoms in total. The van der Waals surface area contributed by atoms with E-state index in [1.807, 2.05) is 47.6 Å². The molecular weight excluding hydrogens is 566 g/mol. The first-order valence-corrected chi connectivity index (χ1v) is 15.7. The first-order chi connectivity index (χ1) is 21.8. The zero-order chi connectivity index (χ0) is 31.1. The molecule has 1 saturated heterocycles. The van der Waals surface area contributed by atoms with Crippen LogP contribution in [0.4, 0.5) is 5.95 Å². The molecule has 1 unspecified atom stereocenters. The van der Waals surface area contributed by atoms with Crippen molar-refractivity contribution in [2.45, 2.75) is 51.6 Å². The number of rotatable bonds is 8. The Morgan fingerprint density at radius 3 is 2.60 bits per heavy atom. The lowest BCUT2D eigenvalue weighted by atomic mass is 10.1. The van der Waals surface area contributed by atoms with Gasteiger partial charge in [-0.3, -0.25) is 9.36 Å². The molecule has 7 rings (SSSR count). The van der Waals surface area contributed by atoms with Crippen molar-refractivity contribution in [2.75, 3.05) is 18.4 Å². The van der Waals surface area contributed by atoms with Crippen molar-refractivity contribution in [1.82, 2.24) is 24.4 Å². The molecule has 1 amide bonds. The van der Waals surface area contributed by atoms with Crippen LogP contribution in [0.2, 0.25) is 0 Å². The maximum absolute atomic E-state index is 12.7. The van der Waals surface area contributed by atoms with E-state index in [9.17, 15) is 9.59 Å². The van der Waals surface area contributed by atoms with Crippen LogP contribution in [0.5, 0.6) is 5.75 Å². The second-order valence-electron chi connectivity index (χ2n) is 12.5. The number of carbonyl (C=O) groups excluding carboxylic acids is 2. The van der Waals surface area contributed by atoms with Crippen molar-refractivity contribution in [1.29, 1.82) is 0 Å². The number of benzene rings is 3. The Hall–Kier alpha value is -4.83. The fourth-order valence-corrected chi connectivity index (χ4v) is 5.94. The molecule has 5 aromatic rings. The van der Waals surface area contributed by atoms with E-state index in [0.29, 0.717) is 29.9 Å². The van der Waals surface area contributed by atoms with Crippen LogP contribution < -0.4 is 15.8 Å². The monoisotopic (exact) mass is 603 g/mol. The van der Waals surface area contributed by atoms with Gasteiger partial charge in [0, 0.05) is 42.9 Å². The lowest BCUT2D eigenvalue weighted by Gasteiger charge is -2.33. The highest BCUT2D eigenvalue weighted by Crippen LogP contribution is 2.33. The number of piperidine rings is 1. The normalized spacial score (nSPS) is 17.5. The van der Waals surface area contributed by atoms with Gasteiger partial charge in [0.15, 0.2) is 0 Å². The molecule has 1 saturated carbocycles. The van der Waals surface area contributed by atoms with E-state index in [-0.39, 0.29) is 23.8 Å². The predicted octanol–water partition coefficient (Wildman–Crippen LogP) is 5.34. The fourth-order valence-electron chi connectivity index (χ4n) is 5.94. The lowest BCUT2D eigenvalue weighted by Crippen LogP contribution is -2.45. The molecule has 2 aromatic heterocycles. The van der Waals surface area contributed by atoms with Crippen LogP contribution >= 0.6 is 0 Å². The SMILES string of the molecule is CC(C)C(N)C(=O)Oc1ccc2nc(-c3ccc4ccccc4c3)n(-c3ccnc(N[C@H]4CCCN(C(=O)C5CC5)C4)n3)c2c1. The zero-order valence-electron chi connectivity index (χ0n) is 25.5. The Labute approximate surface area is 261 Å². The lowest BCUT2D eigenvalue weighted by molar-refractivity contribution is -0.137. The highest BCUT2D eigenvalue weighted by molar-refractivity contribution is 5.90. The van der Waals surface area contributed by atoms with Crippen LogP contribution in [0, 0.1) is 11.8 Å². The number of esters is 1. The maximum Gasteiger partial charge on any atom is 0.328 e. The molecule has 3 N–H and O–H groups in total. The fraction of sp³-hybridized carbons (Fsp3) is 0.343. The second-order valence-corrected chi connectivity index (χ2v) is 12.5. The van der Waals surface area contributed by atoms with Gasteiger partial charge in [-0.2, -0.15) is 4.98 Å². The third kappa shape index (κ3) is 5.98. The summed E-state index contributed by atoms with van der Waals surface area (Å²) in [5.41, 5.74) is 8.43. The summed E-state index contributed by atoms with van der Waals surface area (Å²) in [7, 11) is 0. The average Bonchev–Trinajstić information content (AvgIpc) is 3.84. The molecule has 45 heavy (non-hydrogen) atoms. The number of nitrogens with two attached hydrogens (primary N) is 1. The van der Waals surface area contributed by atoms with Crippen LogP contribution in [0.25, 0.3) is 39.0 Å². The maximum atomic E-state index is 12.7. The van der Waals surface area contributed by atoms with Crippen molar-refractivity contribution >= 4 is 39.6 Å². The van der Waals surface area contributed by atoms with Gasteiger partial charge in [0.1, 0.15) is 23.4 Å². The van der Waals surface area contributed by atoms with E-state index < -0.39 is 12.0 Å². The van der Waals surface area contributed by atoms with Crippen LogP contribution in [-0.4, -0.2) is 61.5 Å². The van der Waals surface area contributed by atoms with Gasteiger partial charge in [-0.15, -0.1) is 0 Å². The van der Waals surface area contributed by atoms with Crippen LogP contribution in [0.3, 0.4) is 0 Å². The third-order valence-electron chi connectivity index (χ3n) is 8.71. The number of imidazole rings is 1. The highest BCUT2D eigenvalue weighted by Gasteiger charge is 2.35. The van der Waals surface area contributed by atoms with E-state index in [0.717, 1.165) is 59.6 Å². The molecule has 3 heterocycles. The number of aromatic nitrogens is 4. The van der Waals surface area contributed by atoms with Gasteiger partial charge in [-0.05, 0) is 66.6 Å². The molecule has 0 spiro atoms. The molecule has 1 aliphatic carbocycles. The molecule has 2 fully saturated rings. The third-order valence-corrected chi connectivity index (χ3v) is 8.71. The van der Waals surface area contributed by atoms with Crippen molar-refractivity contribution < 1.29 is 14.3 Å². The molecule has 2 aliphatic rings. The van der Waals surface area contributed by atoms with E-state index in [2.05, 4.69) is 40.6 Å². The quantitative estimate of drug-likeness (QED) is 0.180. The summed E-state index contributed by atoms with van der Waals surface area (Å²) in [5.74, 6) is 2.11. The Kier molecular flexibility index (Phi) is 7.66. The number of anilines is 1. The summed E-state index contributed by atoms with van der Waals surface area (Å²) in [6, 6.07) is 21.0. The Morgan fingerprint density at radius 2 is 1.80 bits per heavy atom. The van der Waals surface area contributed by atoms with Crippen LogP contribution in [-0.2, 0) is 9.59 Å². The van der Waals surface area contributed by atoms with Crippen molar-refractivity contribution in [2.24, 2.45) is 17.6 Å². The Balaban J connectivity index is 1.27. The van der Waals surface area contributed by atoms with Gasteiger partial charge in [0.25, 0.3) is 0 Å². The summed E-state index contributed by atoms with van der Waals surface area (Å²) in [6.07, 6.45) is 5.61. The molecular formula is C35H37N7O3. The molecule has 0 bridgehead atoms. The van der Waals surface area contributed by atoms with E-state index in [1.165, 1.54) is 0 Å². The van der Waals surface area contributed by atoms with Crippen LogP contribution in [0.15, 0.2) is 72.9 Å². The highest BCUT2D eigenvalue weighted by atomic mass is 16.5. The first-order valence-electron chi connectivity index (χ1n) is 15.7. The van der Waals surface area contributed by atoms with Gasteiger partial charge >= 0.3 is 5.97 Å². The molecule has 1 aliphatic heterocycles. The van der Waals surface area contributed by atoms with Gasteiger partial charge in [0.2, 0.25) is 11.9 Å². The predicted molar refractivity (Wildman–Crippen MR) is 174 cm³/mol. The number of amides is 1. The van der Waals surface area contributed by atoms with Crippen molar-refractivity contribution in [3.05, 3.63) is 72.9 Å². The minimum absolute atomic E-state index is 0.0544. The van der Waals surface area contributed by atoms with Gasteiger partial charge in [-0.1, -0.05) is 50.2 Å². The van der Waals surface area contributed by atoms with Crippen molar-refractivity contribution in [3.63, 3.8) is 0 Å². The van der Waals surface area contributed by atoms with Gasteiger partial charge in [-0.25, -0.2) is 14.8 Å². The first kappa shape index (κ1) is 28.9. The minimum Gasteiger partial charge on any atom is -0.425 e. The number of hydrogen-bond donors (Lipinski definition) is 2. The van der Waals surface area contributed by atoms with Gasteiger partial charge < -0.3 is 20.7 Å². The number of nitrogens with one attached hydrogen (secondary N) is 1. The summed E-state index contributed by atoms with van der Waals surface area (Å²) >= 11 is 0. The molecule has 3 aromatic carbocycles. The van der Waals surface area contributed by atoms with Gasteiger partial charge in [0.05, 0.1) is 11.0 Å². The number of hydrogen-bond acceptors (Lipinski definition) is 8. The summed E-state index contributed by atoms with van der Waals surface area (Å²) in [5, 5.41) is 5.72. The standard InChI is InChI=1S/C35H37N7O3/c1-21(2)31(36)34(44)45-27-13-14-28-29(19-27)42(32(39-28)25-12-9-22-6-3-4-7-24(22)18-25)30-15-16-37-35(40-30)38-26-8-5-17-41(20-26)33(43)23-10-11-23/h3-4,6-7,9,12-16,18-19,21,23,26,31H,5,8,10-11,17,20,36H2,1-2H3,(H,37,38,40)/t26-,31?/m0/s1. The molecule has 10 heteroatoms. The summed E-state index contributed by atoms with van der Waals surface area (Å²) in [6.45, 7) is 5.22. The molecule has 0 radical (unpaired) electrons. The molecule has 2 atom stereocenters. The average molecular weight is 604 g/mol. The number of fused-ring (bicyclic) bond motifs is 2. The number of likely N-dealkylation sites (tertiary alicyclic amines) is 1. The second kappa shape index (κ2) is 11.9. The summed E-state index contributed by atoms with van der Waals surface area (Å²) in [4.78, 5) is 41.9. The number of ether oxygens (including phenoxy) is 1. The van der Waals surface area contributed by atoms with E-state index in [4.69, 9.17) is 20.4 Å². The number of carbonyl (C=O) groups is 2. The topological polar surface area (TPSA) is 128 Å². The summed E-state index contributed by atoms with van der Waals surface area (Å²) < 4.78 is 7.67. The number of nitrogens with zero attached hydrogens (tertiary/aromatic N) is 5. The molecule has 230 valence electrons.